The first-order valence-corrected chi connectivity index (χ1v) is 6.23. The van der Waals surface area contributed by atoms with Gasteiger partial charge in [-0.05, 0) is 20.1 Å². The first-order valence-electron chi connectivity index (χ1n) is 5.01. The highest BCUT2D eigenvalue weighted by molar-refractivity contribution is 7.98. The maximum absolute atomic E-state index is 11.6. The van der Waals surface area contributed by atoms with E-state index in [2.05, 4.69) is 14.4 Å². The molecule has 0 aliphatic carbocycles. The lowest BCUT2D eigenvalue weighted by Crippen LogP contribution is -2.27. The fourth-order valence-electron chi connectivity index (χ4n) is 1.51. The van der Waals surface area contributed by atoms with E-state index in [1.807, 2.05) is 20.1 Å². The molecule has 0 saturated carbocycles. The largest absolute Gasteiger partial charge is 0.423 e. The Bertz CT molecular complexity index is 675. The molecule has 0 N–H and O–H groups in total. The summed E-state index contributed by atoms with van der Waals surface area (Å²) in [5.41, 5.74) is -0.379. The molecule has 0 bridgehead atoms. The highest BCUT2D eigenvalue weighted by Gasteiger charge is 2.14. The Morgan fingerprint density at radius 3 is 2.71 bits per heavy atom. The summed E-state index contributed by atoms with van der Waals surface area (Å²) in [6, 6.07) is -0.140. The van der Waals surface area contributed by atoms with Gasteiger partial charge in [0.15, 0.2) is 10.8 Å². The first-order chi connectivity index (χ1) is 8.04. The minimum Gasteiger partial charge on any atom is -0.372 e. The average molecular weight is 253 g/mol. The zero-order chi connectivity index (χ0) is 12.6. The molecule has 17 heavy (non-hydrogen) atoms. The number of rotatable bonds is 2. The quantitative estimate of drug-likeness (QED) is 0.588. The smallest absolute Gasteiger partial charge is 0.372 e. The normalized spacial score (nSPS) is 11.3. The predicted octanol–water partition coefficient (Wildman–Crippen LogP) is 1.05. The summed E-state index contributed by atoms with van der Waals surface area (Å²) in [7, 11) is 0. The number of aromatic nitrogens is 3. The predicted molar refractivity (Wildman–Crippen MR) is 64.5 cm³/mol. The van der Waals surface area contributed by atoms with E-state index in [9.17, 15) is 9.59 Å². The van der Waals surface area contributed by atoms with E-state index in [1.54, 1.807) is 0 Å². The van der Waals surface area contributed by atoms with Gasteiger partial charge in [-0.25, -0.2) is 19.6 Å². The first kappa shape index (κ1) is 11.8. The molecular weight excluding hydrogens is 242 g/mol. The molecular formula is C10H11N3O3S. The summed E-state index contributed by atoms with van der Waals surface area (Å²) in [5, 5.41) is 0.730. The lowest BCUT2D eigenvalue weighted by molar-refractivity contribution is 0.396. The molecule has 6 nitrogen and oxygen atoms in total. The van der Waals surface area contributed by atoms with Crippen LogP contribution in [0.3, 0.4) is 0 Å². The summed E-state index contributed by atoms with van der Waals surface area (Å²) >= 11 is 1.35. The van der Waals surface area contributed by atoms with E-state index in [0.717, 1.165) is 0 Å². The van der Waals surface area contributed by atoms with E-state index >= 15 is 0 Å². The van der Waals surface area contributed by atoms with Crippen molar-refractivity contribution in [3.63, 3.8) is 0 Å². The van der Waals surface area contributed by atoms with Crippen molar-refractivity contribution in [1.29, 1.82) is 0 Å². The molecule has 0 aromatic carbocycles. The minimum atomic E-state index is -0.699. The van der Waals surface area contributed by atoms with Crippen LogP contribution in [0.25, 0.3) is 11.0 Å². The Morgan fingerprint density at radius 1 is 1.41 bits per heavy atom. The SMILES string of the molecule is CSc1ncc2c(=O)oc(=O)n(C(C)C)c2n1. The van der Waals surface area contributed by atoms with Crippen LogP contribution in [0.1, 0.15) is 19.9 Å². The van der Waals surface area contributed by atoms with E-state index < -0.39 is 11.4 Å². The van der Waals surface area contributed by atoms with Gasteiger partial charge in [0.25, 0.3) is 0 Å². The van der Waals surface area contributed by atoms with E-state index in [1.165, 1.54) is 22.5 Å². The average Bonchev–Trinajstić information content (AvgIpc) is 2.27. The van der Waals surface area contributed by atoms with Crippen LogP contribution in [-0.4, -0.2) is 20.8 Å². The minimum absolute atomic E-state index is 0.140. The summed E-state index contributed by atoms with van der Waals surface area (Å²) < 4.78 is 5.97. The lowest BCUT2D eigenvalue weighted by Gasteiger charge is -2.10. The van der Waals surface area contributed by atoms with Crippen LogP contribution >= 0.6 is 11.8 Å². The monoisotopic (exact) mass is 253 g/mol. The van der Waals surface area contributed by atoms with Crippen molar-refractivity contribution >= 4 is 22.8 Å². The summed E-state index contributed by atoms with van der Waals surface area (Å²) in [6.07, 6.45) is 3.21. The second kappa shape index (κ2) is 4.33. The molecule has 0 amide bonds. The maximum Gasteiger partial charge on any atom is 0.423 e. The molecule has 0 radical (unpaired) electrons. The fourth-order valence-corrected chi connectivity index (χ4v) is 1.84. The van der Waals surface area contributed by atoms with Gasteiger partial charge in [-0.2, -0.15) is 0 Å². The van der Waals surface area contributed by atoms with Crippen molar-refractivity contribution in [3.8, 4) is 0 Å². The molecule has 2 aromatic rings. The van der Waals surface area contributed by atoms with E-state index in [4.69, 9.17) is 0 Å². The molecule has 90 valence electrons. The highest BCUT2D eigenvalue weighted by Crippen LogP contribution is 2.14. The Morgan fingerprint density at radius 2 is 2.12 bits per heavy atom. The zero-order valence-corrected chi connectivity index (χ0v) is 10.4. The highest BCUT2D eigenvalue weighted by atomic mass is 32.2. The Labute approximate surface area is 101 Å². The number of hydrogen-bond acceptors (Lipinski definition) is 6. The van der Waals surface area contributed by atoms with Gasteiger partial charge >= 0.3 is 11.4 Å². The zero-order valence-electron chi connectivity index (χ0n) is 9.63. The number of fused-ring (bicyclic) bond motifs is 1. The summed E-state index contributed by atoms with van der Waals surface area (Å²) in [4.78, 5) is 31.3. The number of nitrogens with zero attached hydrogens (tertiary/aromatic N) is 3. The number of hydrogen-bond donors (Lipinski definition) is 0. The van der Waals surface area contributed by atoms with Gasteiger partial charge in [0.05, 0.1) is 0 Å². The van der Waals surface area contributed by atoms with E-state index in [0.29, 0.717) is 10.8 Å². The maximum atomic E-state index is 11.6. The summed E-state index contributed by atoms with van der Waals surface area (Å²) in [5.74, 6) is -0.691. The molecule has 7 heteroatoms. The second-order valence-electron chi connectivity index (χ2n) is 3.71. The molecule has 0 saturated heterocycles. The molecule has 0 aliphatic rings. The Kier molecular flexibility index (Phi) is 3.01. The van der Waals surface area contributed by atoms with Gasteiger partial charge in [0, 0.05) is 12.2 Å². The third-order valence-corrected chi connectivity index (χ3v) is 2.83. The van der Waals surface area contributed by atoms with Crippen LogP contribution in [-0.2, 0) is 0 Å². The van der Waals surface area contributed by atoms with Crippen LogP contribution < -0.4 is 11.4 Å². The molecule has 2 heterocycles. The molecule has 0 aliphatic heterocycles. The Balaban J connectivity index is 2.96. The van der Waals surface area contributed by atoms with E-state index in [-0.39, 0.29) is 11.4 Å². The van der Waals surface area contributed by atoms with Gasteiger partial charge in [-0.3, -0.25) is 4.57 Å². The lowest BCUT2D eigenvalue weighted by atomic mass is 10.3. The van der Waals surface area contributed by atoms with Crippen LogP contribution in [0.4, 0.5) is 0 Å². The second-order valence-corrected chi connectivity index (χ2v) is 4.49. The van der Waals surface area contributed by atoms with Crippen LogP contribution in [0.2, 0.25) is 0 Å². The third-order valence-electron chi connectivity index (χ3n) is 2.27. The topological polar surface area (TPSA) is 78.0 Å². The van der Waals surface area contributed by atoms with Gasteiger partial charge in [0.1, 0.15) is 5.39 Å². The molecule has 0 atom stereocenters. The van der Waals surface area contributed by atoms with Crippen LogP contribution in [0.15, 0.2) is 25.4 Å². The number of thioether (sulfide) groups is 1. The molecule has 2 aromatic heterocycles. The van der Waals surface area contributed by atoms with Crippen molar-refractivity contribution in [2.75, 3.05) is 6.26 Å². The molecule has 2 rings (SSSR count). The van der Waals surface area contributed by atoms with Crippen LogP contribution in [0.5, 0.6) is 0 Å². The van der Waals surface area contributed by atoms with Crippen molar-refractivity contribution in [2.24, 2.45) is 0 Å². The van der Waals surface area contributed by atoms with Gasteiger partial charge in [-0.1, -0.05) is 11.8 Å². The standard InChI is InChI=1S/C10H11N3O3S/c1-5(2)13-7-6(8(14)16-10(13)15)4-11-9(12-7)17-3/h4-5H,1-3H3. The Hall–Kier alpha value is -1.63. The third kappa shape index (κ3) is 1.97. The van der Waals surface area contributed by atoms with Gasteiger partial charge < -0.3 is 4.42 Å². The molecule has 0 unspecified atom stereocenters. The molecule has 0 fully saturated rings. The van der Waals surface area contributed by atoms with Gasteiger partial charge in [0.2, 0.25) is 0 Å². The molecule has 0 spiro atoms. The van der Waals surface area contributed by atoms with Crippen molar-refractivity contribution in [3.05, 3.63) is 27.2 Å². The van der Waals surface area contributed by atoms with Crippen LogP contribution in [0, 0.1) is 0 Å². The summed E-state index contributed by atoms with van der Waals surface area (Å²) in [6.45, 7) is 3.64. The fraction of sp³-hybridized carbons (Fsp3) is 0.400. The van der Waals surface area contributed by atoms with Crippen molar-refractivity contribution in [1.82, 2.24) is 14.5 Å². The van der Waals surface area contributed by atoms with Crippen molar-refractivity contribution < 1.29 is 4.42 Å². The van der Waals surface area contributed by atoms with Crippen molar-refractivity contribution in [2.45, 2.75) is 25.0 Å². The van der Waals surface area contributed by atoms with Gasteiger partial charge in [-0.15, -0.1) is 0 Å².